The van der Waals surface area contributed by atoms with Gasteiger partial charge >= 0.3 is 0 Å². The maximum atomic E-state index is 14.1. The van der Waals surface area contributed by atoms with Crippen LogP contribution in [0.5, 0.6) is 0 Å². The Bertz CT molecular complexity index is 1760. The van der Waals surface area contributed by atoms with Crippen molar-refractivity contribution in [1.29, 1.82) is 0 Å². The van der Waals surface area contributed by atoms with Gasteiger partial charge in [-0.2, -0.15) is 0 Å². The SMILES string of the molecule is O=C(CCc1nnc2n(CCc3ccccc3)c(=O)c3ccccc3n12)NCCCN1CCN(c2ccccc2F)CC1. The number of anilines is 1. The van der Waals surface area contributed by atoms with E-state index in [1.807, 2.05) is 71.1 Å². The Balaban J connectivity index is 1.03. The summed E-state index contributed by atoms with van der Waals surface area (Å²) in [4.78, 5) is 30.6. The number of hydrogen-bond donors (Lipinski definition) is 1. The molecule has 0 spiro atoms. The van der Waals surface area contributed by atoms with E-state index in [9.17, 15) is 14.0 Å². The van der Waals surface area contributed by atoms with E-state index >= 15 is 0 Å². The molecule has 0 radical (unpaired) electrons. The standard InChI is InChI=1S/C33H36FN7O2/c34-27-12-5-7-14-29(27)39-23-21-38(22-24-39)19-8-18-35-31(42)16-15-30-36-37-33-40(20-17-25-9-2-1-3-10-25)32(43)26-11-4-6-13-28(26)41(30)33/h1-7,9-14H,8,15-24H2,(H,35,42). The predicted molar refractivity (Wildman–Crippen MR) is 166 cm³/mol. The van der Waals surface area contributed by atoms with Crippen LogP contribution < -0.4 is 15.8 Å². The summed E-state index contributed by atoms with van der Waals surface area (Å²) in [6, 6.07) is 24.4. The van der Waals surface area contributed by atoms with Gasteiger partial charge in [0, 0.05) is 52.1 Å². The van der Waals surface area contributed by atoms with Gasteiger partial charge in [-0.1, -0.05) is 54.6 Å². The monoisotopic (exact) mass is 581 g/mol. The van der Waals surface area contributed by atoms with Crippen molar-refractivity contribution in [3.8, 4) is 0 Å². The number of carbonyl (C=O) groups excluding carboxylic acids is 1. The maximum Gasteiger partial charge on any atom is 0.262 e. The summed E-state index contributed by atoms with van der Waals surface area (Å²) >= 11 is 0. The molecular weight excluding hydrogens is 545 g/mol. The Morgan fingerprint density at radius 3 is 2.40 bits per heavy atom. The molecule has 1 saturated heterocycles. The molecule has 1 amide bonds. The summed E-state index contributed by atoms with van der Waals surface area (Å²) in [5.74, 6) is 0.930. The molecule has 0 atom stereocenters. The molecule has 1 aliphatic rings. The summed E-state index contributed by atoms with van der Waals surface area (Å²) in [5.41, 5.74) is 2.46. The second kappa shape index (κ2) is 13.2. The van der Waals surface area contributed by atoms with Gasteiger partial charge in [0.15, 0.2) is 0 Å². The number of fused-ring (bicyclic) bond motifs is 3. The van der Waals surface area contributed by atoms with Crippen LogP contribution >= 0.6 is 0 Å². The third kappa shape index (κ3) is 6.44. The predicted octanol–water partition coefficient (Wildman–Crippen LogP) is 3.69. The second-order valence-corrected chi connectivity index (χ2v) is 10.9. The van der Waals surface area contributed by atoms with E-state index in [0.717, 1.165) is 50.2 Å². The van der Waals surface area contributed by atoms with Crippen molar-refractivity contribution in [2.24, 2.45) is 0 Å². The number of nitrogens with zero attached hydrogens (tertiary/aromatic N) is 6. The summed E-state index contributed by atoms with van der Waals surface area (Å²) in [6.07, 6.45) is 2.23. The number of carbonyl (C=O) groups is 1. The molecule has 3 heterocycles. The molecule has 0 bridgehead atoms. The summed E-state index contributed by atoms with van der Waals surface area (Å²) in [7, 11) is 0. The maximum absolute atomic E-state index is 14.1. The van der Waals surface area contributed by atoms with Gasteiger partial charge in [-0.25, -0.2) is 4.39 Å². The first kappa shape index (κ1) is 28.5. The van der Waals surface area contributed by atoms with Crippen LogP contribution in [0, 0.1) is 5.82 Å². The zero-order valence-electron chi connectivity index (χ0n) is 24.2. The third-order valence-electron chi connectivity index (χ3n) is 8.16. The van der Waals surface area contributed by atoms with E-state index in [4.69, 9.17) is 0 Å². The van der Waals surface area contributed by atoms with Crippen molar-refractivity contribution in [2.75, 3.05) is 44.2 Å². The van der Waals surface area contributed by atoms with Crippen molar-refractivity contribution < 1.29 is 9.18 Å². The van der Waals surface area contributed by atoms with Crippen LogP contribution in [0.15, 0.2) is 83.7 Å². The number of hydrogen-bond acceptors (Lipinski definition) is 6. The van der Waals surface area contributed by atoms with Gasteiger partial charge in [0.1, 0.15) is 11.6 Å². The molecule has 9 nitrogen and oxygen atoms in total. The van der Waals surface area contributed by atoms with Crippen LogP contribution in [0.3, 0.4) is 0 Å². The number of piperazine rings is 1. The zero-order chi connectivity index (χ0) is 29.6. The van der Waals surface area contributed by atoms with Crippen molar-refractivity contribution >= 4 is 28.3 Å². The average molecular weight is 582 g/mol. The van der Waals surface area contributed by atoms with Gasteiger partial charge in [-0.3, -0.25) is 23.5 Å². The molecule has 10 heteroatoms. The fraction of sp³-hybridized carbons (Fsp3) is 0.333. The second-order valence-electron chi connectivity index (χ2n) is 10.9. The lowest BCUT2D eigenvalue weighted by Crippen LogP contribution is -2.47. The highest BCUT2D eigenvalue weighted by Crippen LogP contribution is 2.20. The Hall–Kier alpha value is -4.57. The number of amides is 1. The van der Waals surface area contributed by atoms with Crippen molar-refractivity contribution in [3.63, 3.8) is 0 Å². The van der Waals surface area contributed by atoms with Gasteiger partial charge in [0.25, 0.3) is 5.56 Å². The minimum absolute atomic E-state index is 0.0390. The molecule has 1 fully saturated rings. The summed E-state index contributed by atoms with van der Waals surface area (Å²) < 4.78 is 17.7. The number of benzene rings is 3. The molecule has 0 unspecified atom stereocenters. The van der Waals surface area contributed by atoms with E-state index in [2.05, 4.69) is 25.3 Å². The molecular formula is C33H36FN7O2. The average Bonchev–Trinajstić information content (AvgIpc) is 3.47. The quantitative estimate of drug-likeness (QED) is 0.240. The smallest absolute Gasteiger partial charge is 0.262 e. The molecule has 3 aromatic carbocycles. The van der Waals surface area contributed by atoms with Gasteiger partial charge in [-0.15, -0.1) is 10.2 Å². The molecule has 0 aliphatic carbocycles. The van der Waals surface area contributed by atoms with E-state index in [-0.39, 0.29) is 23.7 Å². The zero-order valence-corrected chi connectivity index (χ0v) is 24.2. The number of aromatic nitrogens is 4. The lowest BCUT2D eigenvalue weighted by molar-refractivity contribution is -0.121. The first-order chi connectivity index (χ1) is 21.1. The minimum Gasteiger partial charge on any atom is -0.367 e. The summed E-state index contributed by atoms with van der Waals surface area (Å²) in [6.45, 7) is 5.26. The first-order valence-corrected chi connectivity index (χ1v) is 15.0. The molecule has 2 aromatic heterocycles. The fourth-order valence-corrected chi connectivity index (χ4v) is 5.83. The lowest BCUT2D eigenvalue weighted by atomic mass is 10.1. The normalized spacial score (nSPS) is 14.0. The number of para-hydroxylation sites is 2. The lowest BCUT2D eigenvalue weighted by Gasteiger charge is -2.36. The van der Waals surface area contributed by atoms with Crippen molar-refractivity contribution in [2.45, 2.75) is 32.2 Å². The number of nitrogens with one attached hydrogen (secondary N) is 1. The van der Waals surface area contributed by atoms with Crippen LogP contribution in [0.2, 0.25) is 0 Å². The Labute approximate surface area is 249 Å². The van der Waals surface area contributed by atoms with Crippen LogP contribution in [0.1, 0.15) is 24.2 Å². The van der Waals surface area contributed by atoms with E-state index < -0.39 is 0 Å². The number of aryl methyl sites for hydroxylation is 3. The highest BCUT2D eigenvalue weighted by molar-refractivity contribution is 5.80. The van der Waals surface area contributed by atoms with E-state index in [1.54, 1.807) is 10.6 Å². The highest BCUT2D eigenvalue weighted by Gasteiger charge is 2.20. The Morgan fingerprint density at radius 1 is 0.837 bits per heavy atom. The summed E-state index contributed by atoms with van der Waals surface area (Å²) in [5, 5.41) is 12.4. The molecule has 43 heavy (non-hydrogen) atoms. The number of rotatable bonds is 11. The largest absolute Gasteiger partial charge is 0.367 e. The van der Waals surface area contributed by atoms with E-state index in [1.165, 1.54) is 6.07 Å². The van der Waals surface area contributed by atoms with Gasteiger partial charge in [-0.05, 0) is 49.2 Å². The molecule has 6 rings (SSSR count). The molecule has 222 valence electrons. The van der Waals surface area contributed by atoms with Crippen molar-refractivity contribution in [1.82, 2.24) is 29.4 Å². The van der Waals surface area contributed by atoms with Crippen molar-refractivity contribution in [3.05, 3.63) is 106 Å². The number of halogens is 1. The molecule has 5 aromatic rings. The minimum atomic E-state index is -0.177. The third-order valence-corrected chi connectivity index (χ3v) is 8.16. The molecule has 1 N–H and O–H groups in total. The fourth-order valence-electron chi connectivity index (χ4n) is 5.83. The van der Waals surface area contributed by atoms with Crippen LogP contribution in [0.25, 0.3) is 16.7 Å². The molecule has 1 aliphatic heterocycles. The van der Waals surface area contributed by atoms with E-state index in [0.29, 0.717) is 48.6 Å². The van der Waals surface area contributed by atoms with Gasteiger partial charge in [0.05, 0.1) is 16.6 Å². The Morgan fingerprint density at radius 2 is 1.58 bits per heavy atom. The van der Waals surface area contributed by atoms with Gasteiger partial charge < -0.3 is 10.2 Å². The molecule has 0 saturated carbocycles. The van der Waals surface area contributed by atoms with Gasteiger partial charge in [0.2, 0.25) is 11.7 Å². The topological polar surface area (TPSA) is 87.8 Å². The first-order valence-electron chi connectivity index (χ1n) is 15.0. The van der Waals surface area contributed by atoms with Crippen LogP contribution in [-0.4, -0.2) is 69.2 Å². The van der Waals surface area contributed by atoms with Crippen LogP contribution in [0.4, 0.5) is 10.1 Å². The van der Waals surface area contributed by atoms with Crippen LogP contribution in [-0.2, 0) is 24.2 Å². The highest BCUT2D eigenvalue weighted by atomic mass is 19.1. The Kier molecular flexibility index (Phi) is 8.74.